The molecule has 0 amide bonds. The van der Waals surface area contributed by atoms with Gasteiger partial charge in [-0.15, -0.1) is 25.3 Å². The second-order valence-corrected chi connectivity index (χ2v) is 6.72. The Kier molecular flexibility index (Phi) is 6.81. The Morgan fingerprint density at radius 2 is 0.938 bits per heavy atom. The topological polar surface area (TPSA) is 213 Å². The van der Waals surface area contributed by atoms with Crippen molar-refractivity contribution >= 4 is 61.1 Å². The summed E-state index contributed by atoms with van der Waals surface area (Å²) in [6.45, 7) is 0. The van der Waals surface area contributed by atoms with Crippen molar-refractivity contribution in [1.29, 1.82) is 0 Å². The Hall–Kier alpha value is -4.04. The minimum atomic E-state index is -2.25. The van der Waals surface area contributed by atoms with Crippen molar-refractivity contribution in [1.82, 2.24) is 0 Å². The number of hydrogen-bond acceptors (Lipinski definition) is 9. The SMILES string of the molecule is O=C(O)c1c(C(=O)O)c(C(=O)O)c(C(=O)Oc2cccc(S)c2S)c(C(=O)O)c1C(=O)O. The molecule has 2 aromatic rings. The number of hydrogen-bond donors (Lipinski definition) is 7. The lowest BCUT2D eigenvalue weighted by atomic mass is 9.86. The molecular formula is C18H10O12S2. The van der Waals surface area contributed by atoms with Gasteiger partial charge in [-0.2, -0.15) is 0 Å². The first kappa shape index (κ1) is 24.2. The summed E-state index contributed by atoms with van der Waals surface area (Å²) in [5, 5.41) is 47.2. The van der Waals surface area contributed by atoms with Crippen LogP contribution in [0.4, 0.5) is 0 Å². The maximum atomic E-state index is 12.8. The summed E-state index contributed by atoms with van der Waals surface area (Å²) in [6.07, 6.45) is 0. The van der Waals surface area contributed by atoms with E-state index in [0.717, 1.165) is 6.07 Å². The predicted molar refractivity (Wildman–Crippen MR) is 107 cm³/mol. The number of aromatic carboxylic acids is 5. The smallest absolute Gasteiger partial charge is 0.345 e. The zero-order valence-electron chi connectivity index (χ0n) is 15.2. The van der Waals surface area contributed by atoms with Crippen LogP contribution in [-0.2, 0) is 0 Å². The molecule has 0 bridgehead atoms. The van der Waals surface area contributed by atoms with Crippen LogP contribution < -0.4 is 4.74 Å². The minimum absolute atomic E-state index is 0.0444. The molecule has 0 saturated carbocycles. The molecule has 0 aliphatic rings. The summed E-state index contributed by atoms with van der Waals surface area (Å²) < 4.78 is 4.94. The van der Waals surface area contributed by atoms with E-state index in [1.165, 1.54) is 12.1 Å². The molecule has 0 atom stereocenters. The maximum absolute atomic E-state index is 12.8. The fourth-order valence-electron chi connectivity index (χ4n) is 2.77. The molecule has 166 valence electrons. The summed E-state index contributed by atoms with van der Waals surface area (Å²) in [5.74, 6) is -13.3. The predicted octanol–water partition coefficient (Wildman–Crippen LogP) is 1.97. The fourth-order valence-corrected chi connectivity index (χ4v) is 3.16. The van der Waals surface area contributed by atoms with Gasteiger partial charge < -0.3 is 30.3 Å². The van der Waals surface area contributed by atoms with Gasteiger partial charge >= 0.3 is 35.8 Å². The standard InChI is InChI=1S/C18H10O12S2/c19-13(20)6-7(14(21)22)9(16(25)26)11(10(17(27)28)8(6)15(23)24)18(29)30-4-2-1-3-5(31)12(4)32/h1-3,31-32H,(H,19,20)(H,21,22)(H,23,24)(H,25,26)(H,27,28). The number of rotatable bonds is 7. The van der Waals surface area contributed by atoms with Crippen molar-refractivity contribution in [3.63, 3.8) is 0 Å². The van der Waals surface area contributed by atoms with Gasteiger partial charge in [0.15, 0.2) is 0 Å². The average Bonchev–Trinajstić information content (AvgIpc) is 2.68. The van der Waals surface area contributed by atoms with Crippen molar-refractivity contribution in [2.75, 3.05) is 0 Å². The van der Waals surface area contributed by atoms with Crippen LogP contribution in [0.25, 0.3) is 0 Å². The average molecular weight is 482 g/mol. The van der Waals surface area contributed by atoms with E-state index in [2.05, 4.69) is 25.3 Å². The highest BCUT2D eigenvalue weighted by molar-refractivity contribution is 7.83. The molecule has 0 fully saturated rings. The van der Waals surface area contributed by atoms with Crippen LogP contribution in [0.2, 0.25) is 0 Å². The van der Waals surface area contributed by atoms with Gasteiger partial charge in [0.2, 0.25) is 0 Å². The lowest BCUT2D eigenvalue weighted by Crippen LogP contribution is -2.29. The molecule has 0 spiro atoms. The third-order valence-electron chi connectivity index (χ3n) is 3.95. The summed E-state index contributed by atoms with van der Waals surface area (Å²) >= 11 is 8.06. The number of carbonyl (C=O) groups excluding carboxylic acids is 1. The van der Waals surface area contributed by atoms with Crippen LogP contribution in [0.5, 0.6) is 5.75 Å². The number of ether oxygens (including phenoxy) is 1. The van der Waals surface area contributed by atoms with Crippen LogP contribution in [-0.4, -0.2) is 61.3 Å². The number of esters is 1. The van der Waals surface area contributed by atoms with E-state index in [1.807, 2.05) is 0 Å². The highest BCUT2D eigenvalue weighted by Gasteiger charge is 2.41. The van der Waals surface area contributed by atoms with Crippen molar-refractivity contribution < 1.29 is 59.0 Å². The van der Waals surface area contributed by atoms with Gasteiger partial charge in [-0.25, -0.2) is 28.8 Å². The largest absolute Gasteiger partial charge is 0.478 e. The monoisotopic (exact) mass is 482 g/mol. The van der Waals surface area contributed by atoms with Gasteiger partial charge in [0.1, 0.15) is 5.75 Å². The molecule has 2 aromatic carbocycles. The van der Waals surface area contributed by atoms with Crippen molar-refractivity contribution in [3.8, 4) is 5.75 Å². The van der Waals surface area contributed by atoms with Crippen molar-refractivity contribution in [2.45, 2.75) is 9.79 Å². The molecule has 0 aliphatic carbocycles. The molecule has 0 radical (unpaired) electrons. The van der Waals surface area contributed by atoms with Crippen LogP contribution in [0.1, 0.15) is 62.1 Å². The first-order chi connectivity index (χ1) is 14.8. The maximum Gasteiger partial charge on any atom is 0.345 e. The zero-order chi connectivity index (χ0) is 24.5. The highest BCUT2D eigenvalue weighted by Crippen LogP contribution is 2.33. The molecule has 0 saturated heterocycles. The summed E-state index contributed by atoms with van der Waals surface area (Å²) in [4.78, 5) is 71.6. The van der Waals surface area contributed by atoms with Gasteiger partial charge in [0.05, 0.1) is 38.3 Å². The van der Waals surface area contributed by atoms with Crippen LogP contribution in [0.15, 0.2) is 28.0 Å². The Bertz CT molecular complexity index is 1180. The first-order valence-corrected chi connectivity index (χ1v) is 8.84. The van der Waals surface area contributed by atoms with E-state index in [1.54, 1.807) is 0 Å². The molecule has 0 unspecified atom stereocenters. The molecule has 5 N–H and O–H groups in total. The third kappa shape index (κ3) is 4.21. The molecular weight excluding hydrogens is 472 g/mol. The Balaban J connectivity index is 3.08. The number of carboxylic acid groups (broad SMARTS) is 5. The lowest BCUT2D eigenvalue weighted by molar-refractivity contribution is 0.0597. The van der Waals surface area contributed by atoms with Crippen molar-refractivity contribution in [3.05, 3.63) is 51.6 Å². The molecule has 0 heterocycles. The third-order valence-corrected chi connectivity index (χ3v) is 4.96. The zero-order valence-corrected chi connectivity index (χ0v) is 17.0. The van der Waals surface area contributed by atoms with Gasteiger partial charge in [-0.3, -0.25) is 0 Å². The van der Waals surface area contributed by atoms with Gasteiger partial charge in [0.25, 0.3) is 0 Å². The molecule has 2 rings (SSSR count). The normalized spacial score (nSPS) is 10.3. The Labute approximate surface area is 187 Å². The second kappa shape index (κ2) is 8.99. The van der Waals surface area contributed by atoms with E-state index in [9.17, 15) is 54.3 Å². The molecule has 0 aromatic heterocycles. The first-order valence-electron chi connectivity index (χ1n) is 7.94. The van der Waals surface area contributed by atoms with Crippen LogP contribution in [0.3, 0.4) is 0 Å². The minimum Gasteiger partial charge on any atom is -0.478 e. The van der Waals surface area contributed by atoms with E-state index in [-0.39, 0.29) is 15.5 Å². The van der Waals surface area contributed by atoms with Crippen LogP contribution in [0, 0.1) is 0 Å². The van der Waals surface area contributed by atoms with E-state index in [4.69, 9.17) is 4.74 Å². The number of carboxylic acids is 5. The molecule has 14 heteroatoms. The van der Waals surface area contributed by atoms with Crippen molar-refractivity contribution in [2.24, 2.45) is 0 Å². The Morgan fingerprint density at radius 3 is 1.28 bits per heavy atom. The Morgan fingerprint density at radius 1 is 0.594 bits per heavy atom. The summed E-state index contributed by atoms with van der Waals surface area (Å²) in [6, 6.07) is 3.92. The summed E-state index contributed by atoms with van der Waals surface area (Å²) in [5.41, 5.74) is -9.51. The fraction of sp³-hybridized carbons (Fsp3) is 0. The van der Waals surface area contributed by atoms with Gasteiger partial charge in [-0.05, 0) is 12.1 Å². The van der Waals surface area contributed by atoms with Crippen LogP contribution >= 0.6 is 25.3 Å². The van der Waals surface area contributed by atoms with Gasteiger partial charge in [0, 0.05) is 4.90 Å². The molecule has 12 nitrogen and oxygen atoms in total. The van der Waals surface area contributed by atoms with E-state index >= 15 is 0 Å². The second-order valence-electron chi connectivity index (χ2n) is 5.79. The summed E-state index contributed by atoms with van der Waals surface area (Å²) in [7, 11) is 0. The van der Waals surface area contributed by atoms with Gasteiger partial charge in [-0.1, -0.05) is 6.07 Å². The highest BCUT2D eigenvalue weighted by atomic mass is 32.1. The lowest BCUT2D eigenvalue weighted by Gasteiger charge is -2.18. The molecule has 0 aliphatic heterocycles. The number of benzene rings is 2. The van der Waals surface area contributed by atoms with E-state index < -0.39 is 69.2 Å². The molecule has 32 heavy (non-hydrogen) atoms. The quantitative estimate of drug-likeness (QED) is 0.171. The van der Waals surface area contributed by atoms with E-state index in [0.29, 0.717) is 0 Å². The number of carbonyl (C=O) groups is 6. The number of thiol groups is 2.